The zero-order valence-electron chi connectivity index (χ0n) is 12.8. The van der Waals surface area contributed by atoms with Gasteiger partial charge in [-0.15, -0.1) is 0 Å². The summed E-state index contributed by atoms with van der Waals surface area (Å²) in [5.41, 5.74) is 6.13. The Morgan fingerprint density at radius 3 is 2.59 bits per heavy atom. The van der Waals surface area contributed by atoms with Crippen LogP contribution in [0.2, 0.25) is 0 Å². The fraction of sp³-hybridized carbons (Fsp3) is 0.278. The van der Waals surface area contributed by atoms with Crippen LogP contribution in [0.15, 0.2) is 42.5 Å². The van der Waals surface area contributed by atoms with Crippen LogP contribution >= 0.6 is 0 Å². The van der Waals surface area contributed by atoms with Crippen molar-refractivity contribution in [3.63, 3.8) is 0 Å². The summed E-state index contributed by atoms with van der Waals surface area (Å²) in [7, 11) is 2.20. The first kappa shape index (κ1) is 15.0. The summed E-state index contributed by atoms with van der Waals surface area (Å²) in [6.45, 7) is 0. The molecule has 0 saturated carbocycles. The molecule has 2 aromatic carbocycles. The predicted octanol–water partition coefficient (Wildman–Crippen LogP) is 2.59. The molecule has 22 heavy (non-hydrogen) atoms. The molecule has 0 saturated heterocycles. The van der Waals surface area contributed by atoms with E-state index in [4.69, 9.17) is 0 Å². The van der Waals surface area contributed by atoms with Gasteiger partial charge in [0.05, 0.1) is 0 Å². The molecule has 0 heterocycles. The van der Waals surface area contributed by atoms with Crippen LogP contribution in [0.4, 0.5) is 0 Å². The molecule has 3 rings (SSSR count). The quantitative estimate of drug-likeness (QED) is 0.742. The van der Waals surface area contributed by atoms with Crippen LogP contribution in [-0.4, -0.2) is 34.9 Å². The minimum Gasteiger partial charge on any atom is -0.348 e. The SMILES string of the molecule is CN(C)C(=O)C[S@@](=O)Cc1cccc2c1-c1ccccc1C2. The van der Waals surface area contributed by atoms with Crippen LogP contribution in [0.5, 0.6) is 0 Å². The Morgan fingerprint density at radius 2 is 1.82 bits per heavy atom. The number of rotatable bonds is 4. The second-order valence-corrected chi connectivity index (χ2v) is 7.26. The maximum absolute atomic E-state index is 12.3. The Hall–Kier alpha value is -1.94. The number of nitrogens with zero attached hydrogens (tertiary/aromatic N) is 1. The lowest BCUT2D eigenvalue weighted by Gasteiger charge is -2.12. The monoisotopic (exact) mass is 313 g/mol. The van der Waals surface area contributed by atoms with Crippen LogP contribution in [0, 0.1) is 0 Å². The van der Waals surface area contributed by atoms with Crippen molar-refractivity contribution in [1.29, 1.82) is 0 Å². The second kappa shape index (κ2) is 6.05. The first-order valence-electron chi connectivity index (χ1n) is 7.30. The molecule has 1 atom stereocenters. The summed E-state index contributed by atoms with van der Waals surface area (Å²) in [6, 6.07) is 14.5. The normalized spacial score (nSPS) is 13.4. The van der Waals surface area contributed by atoms with Crippen molar-refractivity contribution in [2.45, 2.75) is 12.2 Å². The zero-order valence-corrected chi connectivity index (χ0v) is 13.7. The first-order chi connectivity index (χ1) is 10.6. The van der Waals surface area contributed by atoms with Crippen LogP contribution in [0.25, 0.3) is 11.1 Å². The van der Waals surface area contributed by atoms with Gasteiger partial charge in [0.1, 0.15) is 5.75 Å². The third-order valence-corrected chi connectivity index (χ3v) is 5.21. The van der Waals surface area contributed by atoms with E-state index in [1.54, 1.807) is 14.1 Å². The lowest BCUT2D eigenvalue weighted by atomic mass is 10.0. The van der Waals surface area contributed by atoms with Crippen molar-refractivity contribution in [3.8, 4) is 11.1 Å². The van der Waals surface area contributed by atoms with E-state index in [1.807, 2.05) is 18.2 Å². The summed E-state index contributed by atoms with van der Waals surface area (Å²) in [5, 5.41) is 0. The summed E-state index contributed by atoms with van der Waals surface area (Å²) < 4.78 is 12.3. The average Bonchev–Trinajstić information content (AvgIpc) is 2.86. The highest BCUT2D eigenvalue weighted by molar-refractivity contribution is 7.84. The summed E-state index contributed by atoms with van der Waals surface area (Å²) in [4.78, 5) is 13.2. The Morgan fingerprint density at radius 1 is 1.09 bits per heavy atom. The van der Waals surface area contributed by atoms with Gasteiger partial charge < -0.3 is 4.90 Å². The molecule has 0 unspecified atom stereocenters. The van der Waals surface area contributed by atoms with E-state index in [9.17, 15) is 9.00 Å². The number of carbonyl (C=O) groups is 1. The zero-order chi connectivity index (χ0) is 15.7. The van der Waals surface area contributed by atoms with Crippen molar-refractivity contribution in [2.24, 2.45) is 0 Å². The topological polar surface area (TPSA) is 37.4 Å². The number of hydrogen-bond acceptors (Lipinski definition) is 2. The van der Waals surface area contributed by atoms with Gasteiger partial charge in [-0.2, -0.15) is 0 Å². The van der Waals surface area contributed by atoms with Gasteiger partial charge in [0, 0.05) is 30.6 Å². The third kappa shape index (κ3) is 2.83. The fourth-order valence-corrected chi connectivity index (χ4v) is 4.10. The first-order valence-corrected chi connectivity index (χ1v) is 8.79. The molecule has 0 spiro atoms. The fourth-order valence-electron chi connectivity index (χ4n) is 2.88. The van der Waals surface area contributed by atoms with E-state index in [-0.39, 0.29) is 11.7 Å². The standard InChI is InChI=1S/C18H19NO2S/c1-19(2)17(20)12-22(21)11-15-8-5-7-14-10-13-6-3-4-9-16(13)18(14)15/h3-9H,10-12H2,1-2H3/t22-/m0/s1. The highest BCUT2D eigenvalue weighted by atomic mass is 32.2. The molecule has 1 amide bonds. The molecule has 0 radical (unpaired) electrons. The molecule has 0 aliphatic heterocycles. The largest absolute Gasteiger partial charge is 0.348 e. The summed E-state index contributed by atoms with van der Waals surface area (Å²) in [6.07, 6.45) is 0.933. The van der Waals surface area contributed by atoms with Crippen molar-refractivity contribution in [2.75, 3.05) is 19.8 Å². The molecule has 0 bridgehead atoms. The van der Waals surface area contributed by atoms with Gasteiger partial charge >= 0.3 is 0 Å². The smallest absolute Gasteiger partial charge is 0.234 e. The Kier molecular flexibility index (Phi) is 4.12. The van der Waals surface area contributed by atoms with Crippen molar-refractivity contribution < 1.29 is 9.00 Å². The maximum atomic E-state index is 12.3. The van der Waals surface area contributed by atoms with Gasteiger partial charge in [0.15, 0.2) is 0 Å². The van der Waals surface area contributed by atoms with Gasteiger partial charge in [-0.05, 0) is 34.2 Å². The van der Waals surface area contributed by atoms with E-state index in [0.29, 0.717) is 5.75 Å². The van der Waals surface area contributed by atoms with Crippen LogP contribution in [0.1, 0.15) is 16.7 Å². The van der Waals surface area contributed by atoms with Gasteiger partial charge in [-0.1, -0.05) is 42.5 Å². The highest BCUT2D eigenvalue weighted by Crippen LogP contribution is 2.39. The van der Waals surface area contributed by atoms with Crippen molar-refractivity contribution in [1.82, 2.24) is 4.90 Å². The van der Waals surface area contributed by atoms with E-state index >= 15 is 0 Å². The minimum atomic E-state index is -1.18. The molecule has 0 aromatic heterocycles. The third-order valence-electron chi connectivity index (χ3n) is 4.00. The molecule has 4 heteroatoms. The summed E-state index contributed by atoms with van der Waals surface area (Å²) in [5.74, 6) is 0.418. The van der Waals surface area contributed by atoms with Crippen molar-refractivity contribution in [3.05, 3.63) is 59.2 Å². The van der Waals surface area contributed by atoms with Crippen LogP contribution < -0.4 is 0 Å². The lowest BCUT2D eigenvalue weighted by Crippen LogP contribution is -2.27. The van der Waals surface area contributed by atoms with Gasteiger partial charge in [-0.25, -0.2) is 0 Å². The van der Waals surface area contributed by atoms with E-state index in [1.165, 1.54) is 27.2 Å². The molecule has 1 aliphatic carbocycles. The van der Waals surface area contributed by atoms with E-state index in [2.05, 4.69) is 24.3 Å². The van der Waals surface area contributed by atoms with Crippen LogP contribution in [0.3, 0.4) is 0 Å². The number of carbonyl (C=O) groups excluding carboxylic acids is 1. The molecule has 3 nitrogen and oxygen atoms in total. The highest BCUT2D eigenvalue weighted by Gasteiger charge is 2.22. The second-order valence-electron chi connectivity index (χ2n) is 5.80. The molecule has 1 aliphatic rings. The Labute approximate surface area is 133 Å². The number of benzene rings is 2. The maximum Gasteiger partial charge on any atom is 0.234 e. The molecular weight excluding hydrogens is 294 g/mol. The molecule has 2 aromatic rings. The van der Waals surface area contributed by atoms with E-state index in [0.717, 1.165) is 12.0 Å². The van der Waals surface area contributed by atoms with Gasteiger partial charge in [-0.3, -0.25) is 9.00 Å². The molecular formula is C18H19NO2S. The minimum absolute atomic E-state index is 0.0817. The Balaban J connectivity index is 1.87. The van der Waals surface area contributed by atoms with Crippen LogP contribution in [-0.2, 0) is 27.8 Å². The molecule has 0 fully saturated rings. The molecule has 0 N–H and O–H groups in total. The number of amides is 1. The van der Waals surface area contributed by atoms with Gasteiger partial charge in [0.25, 0.3) is 0 Å². The summed E-state index contributed by atoms with van der Waals surface area (Å²) >= 11 is 0. The predicted molar refractivity (Wildman–Crippen MR) is 90.1 cm³/mol. The van der Waals surface area contributed by atoms with Gasteiger partial charge in [0.2, 0.25) is 5.91 Å². The average molecular weight is 313 g/mol. The Bertz CT molecular complexity index is 753. The van der Waals surface area contributed by atoms with E-state index < -0.39 is 10.8 Å². The number of hydrogen-bond donors (Lipinski definition) is 0. The molecule has 114 valence electrons. The number of fused-ring (bicyclic) bond motifs is 3. The lowest BCUT2D eigenvalue weighted by molar-refractivity contribution is -0.125. The van der Waals surface area contributed by atoms with Crippen molar-refractivity contribution >= 4 is 16.7 Å².